The van der Waals surface area contributed by atoms with Crippen LogP contribution in [0.4, 0.5) is 10.1 Å². The quantitative estimate of drug-likeness (QED) is 0.204. The first kappa shape index (κ1) is 29.7. The summed E-state index contributed by atoms with van der Waals surface area (Å²) in [6.07, 6.45) is 1.88. The van der Waals surface area contributed by atoms with E-state index in [4.69, 9.17) is 11.6 Å². The van der Waals surface area contributed by atoms with Gasteiger partial charge in [0.2, 0.25) is 0 Å². The molecule has 0 bridgehead atoms. The largest absolute Gasteiger partial charge is 0.508 e. The van der Waals surface area contributed by atoms with E-state index >= 15 is 4.79 Å². The first-order valence-electron chi connectivity index (χ1n) is 15.4. The molecule has 3 heterocycles. The van der Waals surface area contributed by atoms with Crippen molar-refractivity contribution >= 4 is 29.1 Å². The molecule has 1 saturated carbocycles. The van der Waals surface area contributed by atoms with E-state index in [1.165, 1.54) is 45.8 Å². The van der Waals surface area contributed by atoms with Crippen molar-refractivity contribution in [3.05, 3.63) is 158 Å². The lowest BCUT2D eigenvalue weighted by atomic mass is 9.53. The van der Waals surface area contributed by atoms with Gasteiger partial charge in [-0.2, -0.15) is 5.01 Å². The van der Waals surface area contributed by atoms with E-state index in [0.29, 0.717) is 33.1 Å². The third kappa shape index (κ3) is 4.24. The molecular weight excluding hydrogens is 637 g/mol. The van der Waals surface area contributed by atoms with E-state index in [2.05, 4.69) is 5.43 Å². The van der Waals surface area contributed by atoms with Crippen LogP contribution < -0.4 is 16.8 Å². The van der Waals surface area contributed by atoms with Gasteiger partial charge in [-0.1, -0.05) is 60.1 Å². The number of imide groups is 1. The zero-order valence-corrected chi connectivity index (χ0v) is 25.9. The van der Waals surface area contributed by atoms with E-state index < -0.39 is 52.3 Å². The summed E-state index contributed by atoms with van der Waals surface area (Å²) >= 11 is 6.31. The zero-order valence-electron chi connectivity index (χ0n) is 25.2. The standard InChI is InChI=1S/C36H27ClFN5O5/c37-23-10-8-22(9-11-23)36-29(32(45)42(33(36)46)39-25-14-12-24(38)13-15-25)20-30-28(31(36)21-6-16-27(44)17-7-21)18-19-40-34(47)41(35(48)43(30)40)26-4-2-1-3-5-26/h1-18,29-31,39,44H,19-20H2/t29-,30+,31-,36+/m0/s1. The molecule has 2 fully saturated rings. The smallest absolute Gasteiger partial charge is 0.352 e. The number of amides is 2. The molecule has 10 nitrogen and oxygen atoms in total. The van der Waals surface area contributed by atoms with Crippen molar-refractivity contribution in [1.29, 1.82) is 0 Å². The lowest BCUT2D eigenvalue weighted by molar-refractivity contribution is -0.138. The van der Waals surface area contributed by atoms with Crippen molar-refractivity contribution in [3.63, 3.8) is 0 Å². The molecule has 5 aromatic rings. The Labute approximate surface area is 277 Å². The second-order valence-corrected chi connectivity index (χ2v) is 12.6. The monoisotopic (exact) mass is 663 g/mol. The summed E-state index contributed by atoms with van der Waals surface area (Å²) in [5, 5.41) is 11.6. The summed E-state index contributed by atoms with van der Waals surface area (Å²) in [7, 11) is 0. The Balaban J connectivity index is 1.37. The Morgan fingerprint density at radius 1 is 0.833 bits per heavy atom. The second-order valence-electron chi connectivity index (χ2n) is 12.2. The van der Waals surface area contributed by atoms with Gasteiger partial charge in [-0.25, -0.2) is 27.9 Å². The molecule has 4 atom stereocenters. The van der Waals surface area contributed by atoms with Crippen LogP contribution in [0.2, 0.25) is 5.02 Å². The zero-order chi connectivity index (χ0) is 33.3. The fourth-order valence-corrected chi connectivity index (χ4v) is 7.88. The summed E-state index contributed by atoms with van der Waals surface area (Å²) in [6, 6.07) is 26.3. The number of hydrogen-bond donors (Lipinski definition) is 2. The van der Waals surface area contributed by atoms with Crippen molar-refractivity contribution in [1.82, 2.24) is 18.9 Å². The Kier molecular flexibility index (Phi) is 6.78. The number of hydrogen-bond acceptors (Lipinski definition) is 6. The number of nitrogens with zero attached hydrogens (tertiary/aromatic N) is 4. The number of carbonyl (C=O) groups is 2. The molecule has 0 spiro atoms. The maximum absolute atomic E-state index is 15.0. The maximum atomic E-state index is 15.0. The number of fused-ring (bicyclic) bond motifs is 4. The number of carbonyl (C=O) groups excluding carboxylic acids is 2. The van der Waals surface area contributed by atoms with Gasteiger partial charge in [0.05, 0.1) is 35.3 Å². The third-order valence-corrected chi connectivity index (χ3v) is 10.0. The third-order valence-electron chi connectivity index (χ3n) is 9.76. The van der Waals surface area contributed by atoms with Gasteiger partial charge in [-0.3, -0.25) is 15.0 Å². The Morgan fingerprint density at radius 3 is 2.21 bits per heavy atom. The molecule has 2 aliphatic heterocycles. The Hall–Kier alpha value is -5.68. The fourth-order valence-electron chi connectivity index (χ4n) is 7.76. The molecule has 1 saturated heterocycles. The molecule has 0 radical (unpaired) electrons. The van der Waals surface area contributed by atoms with Crippen LogP contribution >= 0.6 is 11.6 Å². The van der Waals surface area contributed by atoms with Crippen molar-refractivity contribution in [2.75, 3.05) is 5.43 Å². The molecule has 3 aliphatic rings. The van der Waals surface area contributed by atoms with Crippen LogP contribution in [0.1, 0.15) is 29.5 Å². The molecule has 2 N–H and O–H groups in total. The highest BCUT2D eigenvalue weighted by molar-refractivity contribution is 6.30. The van der Waals surface area contributed by atoms with Gasteiger partial charge in [0.1, 0.15) is 11.6 Å². The number of aromatic hydroxyl groups is 1. The first-order chi connectivity index (χ1) is 23.2. The number of aromatic nitrogens is 3. The summed E-state index contributed by atoms with van der Waals surface area (Å²) < 4.78 is 17.6. The molecule has 4 aromatic carbocycles. The molecule has 1 aromatic heterocycles. The number of allylic oxidation sites excluding steroid dienone is 2. The topological polar surface area (TPSA) is 119 Å². The second kappa shape index (κ2) is 11.0. The number of phenolic OH excluding ortho intramolecular Hbond substituents is 1. The predicted molar refractivity (Wildman–Crippen MR) is 175 cm³/mol. The minimum absolute atomic E-state index is 0.0132. The SMILES string of the molecule is O=C1[C@@H]2C[C@@H]3C(=CCn4c(=O)n(-c5ccccc5)c(=O)n43)[C@H](c3ccc(O)cc3)[C@]2(c2ccc(Cl)cc2)C(=O)N1Nc1ccc(F)cc1. The number of benzene rings is 4. The van der Waals surface area contributed by atoms with Gasteiger partial charge < -0.3 is 5.11 Å². The van der Waals surface area contributed by atoms with E-state index in [0.717, 1.165) is 9.58 Å². The van der Waals surface area contributed by atoms with Crippen molar-refractivity contribution < 1.29 is 19.1 Å². The van der Waals surface area contributed by atoms with E-state index in [1.807, 2.05) is 6.08 Å². The lowest BCUT2D eigenvalue weighted by Crippen LogP contribution is -2.53. The molecular formula is C36H27ClFN5O5. The predicted octanol–water partition coefficient (Wildman–Crippen LogP) is 4.92. The summed E-state index contributed by atoms with van der Waals surface area (Å²) in [4.78, 5) is 57.5. The summed E-state index contributed by atoms with van der Waals surface area (Å²) in [6.45, 7) is 0.0510. The average Bonchev–Trinajstić information content (AvgIpc) is 3.47. The molecule has 240 valence electrons. The van der Waals surface area contributed by atoms with Crippen LogP contribution in [0, 0.1) is 11.7 Å². The average molecular weight is 664 g/mol. The molecule has 8 rings (SSSR count). The van der Waals surface area contributed by atoms with Crippen LogP contribution in [0.3, 0.4) is 0 Å². The highest BCUT2D eigenvalue weighted by atomic mass is 35.5. The van der Waals surface area contributed by atoms with Crippen LogP contribution in [0.25, 0.3) is 5.69 Å². The van der Waals surface area contributed by atoms with Gasteiger partial charge in [-0.15, -0.1) is 0 Å². The minimum atomic E-state index is -1.53. The van der Waals surface area contributed by atoms with Gasteiger partial charge in [0.15, 0.2) is 0 Å². The van der Waals surface area contributed by atoms with Gasteiger partial charge in [0.25, 0.3) is 11.8 Å². The number of anilines is 1. The number of hydrazine groups is 1. The van der Waals surface area contributed by atoms with Crippen LogP contribution in [-0.2, 0) is 21.5 Å². The molecule has 12 heteroatoms. The van der Waals surface area contributed by atoms with E-state index in [-0.39, 0.29) is 18.7 Å². The van der Waals surface area contributed by atoms with Crippen molar-refractivity contribution in [2.24, 2.45) is 5.92 Å². The van der Waals surface area contributed by atoms with Gasteiger partial charge in [0, 0.05) is 10.9 Å². The number of rotatable bonds is 5. The summed E-state index contributed by atoms with van der Waals surface area (Å²) in [5.41, 5.74) is 2.88. The normalized spacial score (nSPS) is 22.9. The van der Waals surface area contributed by atoms with Gasteiger partial charge in [-0.05, 0) is 83.8 Å². The van der Waals surface area contributed by atoms with Crippen molar-refractivity contribution in [3.8, 4) is 11.4 Å². The Bertz CT molecular complexity index is 2240. The Morgan fingerprint density at radius 2 is 1.52 bits per heavy atom. The minimum Gasteiger partial charge on any atom is -0.508 e. The maximum Gasteiger partial charge on any atom is 0.352 e. The molecule has 0 unspecified atom stereocenters. The molecule has 2 amide bonds. The molecule has 48 heavy (non-hydrogen) atoms. The van der Waals surface area contributed by atoms with Crippen LogP contribution in [-0.4, -0.2) is 35.9 Å². The highest BCUT2D eigenvalue weighted by Crippen LogP contribution is 2.62. The fraction of sp³-hybridized carbons (Fsp3) is 0.167. The van der Waals surface area contributed by atoms with Crippen LogP contribution in [0.5, 0.6) is 5.75 Å². The number of phenols is 1. The van der Waals surface area contributed by atoms with Crippen LogP contribution in [0.15, 0.2) is 124 Å². The number of halogens is 2. The van der Waals surface area contributed by atoms with E-state index in [1.54, 1.807) is 66.7 Å². The highest BCUT2D eigenvalue weighted by Gasteiger charge is 2.68. The lowest BCUT2D eigenvalue weighted by Gasteiger charge is -2.49. The first-order valence-corrected chi connectivity index (χ1v) is 15.7. The molecule has 1 aliphatic carbocycles. The summed E-state index contributed by atoms with van der Waals surface area (Å²) in [5.74, 6) is -3.38. The van der Waals surface area contributed by atoms with Gasteiger partial charge >= 0.3 is 11.4 Å². The number of nitrogens with one attached hydrogen (secondary N) is 1. The number of para-hydroxylation sites is 1. The van der Waals surface area contributed by atoms with E-state index in [9.17, 15) is 23.9 Å². The van der Waals surface area contributed by atoms with Crippen molar-refractivity contribution in [2.45, 2.75) is 30.3 Å².